The Labute approximate surface area is 159 Å². The van der Waals surface area contributed by atoms with E-state index >= 15 is 0 Å². The van der Waals surface area contributed by atoms with E-state index in [1.165, 1.54) is 16.2 Å². The monoisotopic (exact) mass is 367 g/mol. The van der Waals surface area contributed by atoms with Crippen molar-refractivity contribution < 1.29 is 4.74 Å². The van der Waals surface area contributed by atoms with Crippen LogP contribution in [-0.2, 0) is 4.74 Å². The summed E-state index contributed by atoms with van der Waals surface area (Å²) in [6, 6.07) is 21.1. The lowest BCUT2D eigenvalue weighted by molar-refractivity contribution is 0.0386. The van der Waals surface area contributed by atoms with Gasteiger partial charge in [-0.25, -0.2) is 0 Å². The first-order valence-corrected chi connectivity index (χ1v) is 10.1. The molecule has 0 spiro atoms. The van der Waals surface area contributed by atoms with Crippen molar-refractivity contribution in [2.24, 2.45) is 5.73 Å². The second-order valence-corrected chi connectivity index (χ2v) is 7.77. The van der Waals surface area contributed by atoms with E-state index in [1.807, 2.05) is 6.07 Å². The smallest absolute Gasteiger partial charge is 0.134 e. The zero-order chi connectivity index (χ0) is 17.8. The molecule has 26 heavy (non-hydrogen) atoms. The molecule has 1 saturated heterocycles. The quantitative estimate of drug-likeness (QED) is 0.875. The largest absolute Gasteiger partial charge is 0.379 e. The summed E-state index contributed by atoms with van der Waals surface area (Å²) in [5, 5.41) is 0. The highest BCUT2D eigenvalue weighted by molar-refractivity contribution is 8.04. The third-order valence-corrected chi connectivity index (χ3v) is 6.00. The van der Waals surface area contributed by atoms with E-state index in [2.05, 4.69) is 64.4 Å². The maximum atomic E-state index is 6.55. The van der Waals surface area contributed by atoms with Crippen LogP contribution in [0.1, 0.15) is 12.0 Å². The number of nitrogens with zero attached hydrogens (tertiary/aromatic N) is 2. The van der Waals surface area contributed by atoms with Gasteiger partial charge in [-0.2, -0.15) is 0 Å². The third-order valence-electron chi connectivity index (χ3n) is 4.86. The molecule has 2 aliphatic heterocycles. The second-order valence-electron chi connectivity index (χ2n) is 6.56. The van der Waals surface area contributed by atoms with Crippen LogP contribution in [-0.4, -0.2) is 43.2 Å². The molecule has 2 aromatic carbocycles. The van der Waals surface area contributed by atoms with Crippen molar-refractivity contribution >= 4 is 23.1 Å². The average molecular weight is 368 g/mol. The zero-order valence-corrected chi connectivity index (χ0v) is 15.7. The van der Waals surface area contributed by atoms with E-state index in [9.17, 15) is 0 Å². The molecule has 2 aromatic rings. The van der Waals surface area contributed by atoms with Gasteiger partial charge in [-0.3, -0.25) is 4.90 Å². The lowest BCUT2D eigenvalue weighted by Crippen LogP contribution is -2.36. The van der Waals surface area contributed by atoms with Crippen molar-refractivity contribution in [1.29, 1.82) is 0 Å². The first-order valence-electron chi connectivity index (χ1n) is 9.18. The third kappa shape index (κ3) is 3.81. The fraction of sp³-hybridized carbons (Fsp3) is 0.333. The van der Waals surface area contributed by atoms with E-state index in [-0.39, 0.29) is 5.50 Å². The minimum atomic E-state index is -0.0905. The van der Waals surface area contributed by atoms with Crippen molar-refractivity contribution in [3.63, 3.8) is 0 Å². The van der Waals surface area contributed by atoms with Gasteiger partial charge in [0.1, 0.15) is 5.50 Å². The Balaban J connectivity index is 1.64. The lowest BCUT2D eigenvalue weighted by atomic mass is 10.1. The molecule has 5 heteroatoms. The van der Waals surface area contributed by atoms with Gasteiger partial charge >= 0.3 is 0 Å². The van der Waals surface area contributed by atoms with E-state index < -0.39 is 0 Å². The predicted molar refractivity (Wildman–Crippen MR) is 110 cm³/mol. The molecular formula is C21H25N3OS. The van der Waals surface area contributed by atoms with Crippen molar-refractivity contribution in [3.05, 3.63) is 71.1 Å². The van der Waals surface area contributed by atoms with Crippen LogP contribution in [0.3, 0.4) is 0 Å². The number of rotatable bonds is 5. The van der Waals surface area contributed by atoms with Crippen LogP contribution in [0.2, 0.25) is 0 Å². The van der Waals surface area contributed by atoms with Gasteiger partial charge in [0, 0.05) is 30.2 Å². The normalized spacial score (nSPS) is 21.4. The van der Waals surface area contributed by atoms with Gasteiger partial charge in [-0.1, -0.05) is 60.3 Å². The van der Waals surface area contributed by atoms with Crippen LogP contribution in [0.4, 0.5) is 5.69 Å². The standard InChI is InChI=1S/C21H25N3OS/c22-21-24(18-9-5-2-6-10-18)20(17-7-3-1-4-8-17)19(26-21)11-12-23-13-15-25-16-14-23/h1-10,21H,11-16,22H2. The Morgan fingerprint density at radius 1 is 0.962 bits per heavy atom. The second kappa shape index (κ2) is 8.27. The number of nitrogens with two attached hydrogens (primary N) is 1. The Hall–Kier alpha value is -1.79. The minimum absolute atomic E-state index is 0.0905. The molecule has 1 unspecified atom stereocenters. The summed E-state index contributed by atoms with van der Waals surface area (Å²) in [6.45, 7) is 4.78. The topological polar surface area (TPSA) is 41.7 Å². The maximum absolute atomic E-state index is 6.55. The molecule has 2 heterocycles. The SMILES string of the molecule is NC1SC(CCN2CCOCC2)=C(c2ccccc2)N1c1ccccc1. The van der Waals surface area contributed by atoms with Gasteiger partial charge in [-0.05, 0) is 24.1 Å². The summed E-state index contributed by atoms with van der Waals surface area (Å²) in [7, 11) is 0. The minimum Gasteiger partial charge on any atom is -0.379 e. The molecule has 2 aliphatic rings. The molecule has 1 fully saturated rings. The van der Waals surface area contributed by atoms with Gasteiger partial charge in [0.15, 0.2) is 0 Å². The zero-order valence-electron chi connectivity index (χ0n) is 14.9. The Kier molecular flexibility index (Phi) is 5.60. The molecule has 0 bridgehead atoms. The van der Waals surface area contributed by atoms with Crippen molar-refractivity contribution in [1.82, 2.24) is 4.90 Å². The molecule has 0 saturated carbocycles. The molecule has 2 N–H and O–H groups in total. The predicted octanol–water partition coefficient (Wildman–Crippen LogP) is 3.57. The number of hydrogen-bond acceptors (Lipinski definition) is 5. The summed E-state index contributed by atoms with van der Waals surface area (Å²) in [5.74, 6) is 0. The molecule has 1 atom stereocenters. The van der Waals surface area contributed by atoms with Crippen LogP contribution in [0, 0.1) is 0 Å². The number of hydrogen-bond donors (Lipinski definition) is 1. The molecule has 0 aromatic heterocycles. The van der Waals surface area contributed by atoms with Gasteiger partial charge < -0.3 is 15.4 Å². The van der Waals surface area contributed by atoms with Crippen molar-refractivity contribution in [2.75, 3.05) is 37.7 Å². The molecular weight excluding hydrogens is 342 g/mol. The van der Waals surface area contributed by atoms with E-state index in [4.69, 9.17) is 10.5 Å². The number of thioether (sulfide) groups is 1. The number of ether oxygens (including phenoxy) is 1. The van der Waals surface area contributed by atoms with Gasteiger partial charge in [0.25, 0.3) is 0 Å². The lowest BCUT2D eigenvalue weighted by Gasteiger charge is -2.27. The molecule has 0 amide bonds. The number of para-hydroxylation sites is 1. The average Bonchev–Trinajstić information content (AvgIpc) is 3.04. The first kappa shape index (κ1) is 17.6. The molecule has 4 rings (SSSR count). The number of anilines is 1. The fourth-order valence-corrected chi connectivity index (χ4v) is 4.70. The fourth-order valence-electron chi connectivity index (χ4n) is 3.54. The highest BCUT2D eigenvalue weighted by Gasteiger charge is 2.32. The Bertz CT molecular complexity index is 744. The Morgan fingerprint density at radius 2 is 1.62 bits per heavy atom. The summed E-state index contributed by atoms with van der Waals surface area (Å²) in [6.07, 6.45) is 1.02. The molecule has 0 aliphatic carbocycles. The highest BCUT2D eigenvalue weighted by atomic mass is 32.2. The van der Waals surface area contributed by atoms with Crippen LogP contribution < -0.4 is 10.6 Å². The van der Waals surface area contributed by atoms with Gasteiger partial charge in [-0.15, -0.1) is 0 Å². The highest BCUT2D eigenvalue weighted by Crippen LogP contribution is 2.45. The van der Waals surface area contributed by atoms with E-state index in [1.54, 1.807) is 11.8 Å². The number of benzene rings is 2. The van der Waals surface area contributed by atoms with Gasteiger partial charge in [0.05, 0.1) is 18.9 Å². The van der Waals surface area contributed by atoms with Crippen LogP contribution in [0.5, 0.6) is 0 Å². The van der Waals surface area contributed by atoms with E-state index in [0.29, 0.717) is 0 Å². The summed E-state index contributed by atoms with van der Waals surface area (Å²) in [4.78, 5) is 6.13. The first-order chi connectivity index (χ1) is 12.8. The van der Waals surface area contributed by atoms with E-state index in [0.717, 1.165) is 45.0 Å². The van der Waals surface area contributed by atoms with Crippen molar-refractivity contribution in [3.8, 4) is 0 Å². The van der Waals surface area contributed by atoms with Crippen LogP contribution in [0.15, 0.2) is 65.6 Å². The summed E-state index contributed by atoms with van der Waals surface area (Å²) in [5.41, 5.74) is 10.1. The molecule has 136 valence electrons. The maximum Gasteiger partial charge on any atom is 0.134 e. The van der Waals surface area contributed by atoms with Crippen LogP contribution in [0.25, 0.3) is 5.70 Å². The molecule has 0 radical (unpaired) electrons. The van der Waals surface area contributed by atoms with Crippen LogP contribution >= 0.6 is 11.8 Å². The van der Waals surface area contributed by atoms with Gasteiger partial charge in [0.2, 0.25) is 0 Å². The Morgan fingerprint density at radius 3 is 2.31 bits per heavy atom. The summed E-state index contributed by atoms with van der Waals surface area (Å²) >= 11 is 1.79. The van der Waals surface area contributed by atoms with Crippen molar-refractivity contribution in [2.45, 2.75) is 11.9 Å². The molecule has 4 nitrogen and oxygen atoms in total. The summed E-state index contributed by atoms with van der Waals surface area (Å²) < 4.78 is 5.47. The number of morpholine rings is 1.